The molecule has 7 aromatic carbocycles. The highest BCUT2D eigenvalue weighted by atomic mass is 15.1. The topological polar surface area (TPSA) is 41.9 Å². The van der Waals surface area contributed by atoms with E-state index < -0.39 is 0 Å². The summed E-state index contributed by atoms with van der Waals surface area (Å²) < 4.78 is 0. The Labute approximate surface area is 307 Å². The Kier molecular flexibility index (Phi) is 7.43. The van der Waals surface area contributed by atoms with Crippen molar-refractivity contribution in [1.82, 2.24) is 15.0 Å². The fourth-order valence-electron chi connectivity index (χ4n) is 7.47. The van der Waals surface area contributed by atoms with Crippen LogP contribution in [0.3, 0.4) is 0 Å². The lowest BCUT2D eigenvalue weighted by Crippen LogP contribution is -2.10. The Morgan fingerprint density at radius 1 is 0.377 bits per heavy atom. The SMILES string of the molecule is c1ccc(-c2nc(-c3ccc(N(c4ccc(-c5ccc6c(ccc7ccccc76)c5)cc4)c4ccc5ccncc5c4)cc3)cc3cccnc23)cc1. The van der Waals surface area contributed by atoms with E-state index in [0.717, 1.165) is 61.3 Å². The van der Waals surface area contributed by atoms with Gasteiger partial charge in [-0.25, -0.2) is 4.98 Å². The van der Waals surface area contributed by atoms with E-state index in [4.69, 9.17) is 9.97 Å². The summed E-state index contributed by atoms with van der Waals surface area (Å²) in [6, 6.07) is 62.5. The van der Waals surface area contributed by atoms with Crippen molar-refractivity contribution >= 4 is 60.3 Å². The van der Waals surface area contributed by atoms with E-state index in [2.05, 4.69) is 162 Å². The van der Waals surface area contributed by atoms with Gasteiger partial charge in [-0.3, -0.25) is 9.97 Å². The molecule has 53 heavy (non-hydrogen) atoms. The third-order valence-electron chi connectivity index (χ3n) is 10.1. The van der Waals surface area contributed by atoms with Crippen molar-refractivity contribution < 1.29 is 0 Å². The standard InChI is InChI=1S/C49H32N4/c1-2-8-37(9-3-1)49-48-40(10-6-27-51-48)31-47(52-49)36-17-22-43(23-18-36)53(44-24-16-34-26-28-50-32-41(34)30-44)42-20-14-33(15-21-42)38-19-25-46-39(29-38)13-12-35-7-4-5-11-45(35)46/h1-32H. The van der Waals surface area contributed by atoms with Crippen molar-refractivity contribution in [2.75, 3.05) is 4.90 Å². The van der Waals surface area contributed by atoms with Gasteiger partial charge in [0.1, 0.15) is 0 Å². The summed E-state index contributed by atoms with van der Waals surface area (Å²) in [6.45, 7) is 0. The second-order valence-electron chi connectivity index (χ2n) is 13.4. The largest absolute Gasteiger partial charge is 0.310 e. The van der Waals surface area contributed by atoms with Crippen LogP contribution in [-0.2, 0) is 0 Å². The van der Waals surface area contributed by atoms with E-state index >= 15 is 0 Å². The van der Waals surface area contributed by atoms with Crippen LogP contribution >= 0.6 is 0 Å². The lowest BCUT2D eigenvalue weighted by atomic mass is 9.97. The molecule has 0 saturated heterocycles. The first-order valence-corrected chi connectivity index (χ1v) is 17.8. The number of anilines is 3. The molecule has 0 saturated carbocycles. The van der Waals surface area contributed by atoms with Gasteiger partial charge in [0, 0.05) is 57.6 Å². The van der Waals surface area contributed by atoms with Crippen molar-refractivity contribution in [2.45, 2.75) is 0 Å². The van der Waals surface area contributed by atoms with Gasteiger partial charge in [-0.05, 0) is 98.7 Å². The number of fused-ring (bicyclic) bond motifs is 5. The van der Waals surface area contributed by atoms with Crippen molar-refractivity contribution in [2.24, 2.45) is 0 Å². The maximum atomic E-state index is 5.16. The molecule has 0 N–H and O–H groups in total. The number of hydrogen-bond acceptors (Lipinski definition) is 4. The van der Waals surface area contributed by atoms with E-state index in [1.54, 1.807) is 0 Å². The highest BCUT2D eigenvalue weighted by Crippen LogP contribution is 2.39. The minimum atomic E-state index is 0.883. The van der Waals surface area contributed by atoms with Crippen LogP contribution in [0.25, 0.3) is 76.9 Å². The molecule has 248 valence electrons. The number of benzene rings is 7. The highest BCUT2D eigenvalue weighted by Gasteiger charge is 2.16. The third-order valence-corrected chi connectivity index (χ3v) is 10.1. The molecule has 10 aromatic rings. The Hall–Kier alpha value is -7.17. The summed E-state index contributed by atoms with van der Waals surface area (Å²) in [5, 5.41) is 8.37. The first-order chi connectivity index (χ1) is 26.2. The van der Waals surface area contributed by atoms with Crippen LogP contribution in [-0.4, -0.2) is 15.0 Å². The molecule has 0 aliphatic heterocycles. The number of nitrogens with zero attached hydrogens (tertiary/aromatic N) is 4. The number of pyridine rings is 3. The zero-order valence-electron chi connectivity index (χ0n) is 28.8. The summed E-state index contributed by atoms with van der Waals surface area (Å²) in [6.07, 6.45) is 5.60. The zero-order chi connectivity index (χ0) is 35.1. The quantitative estimate of drug-likeness (QED) is 0.164. The van der Waals surface area contributed by atoms with E-state index in [0.29, 0.717) is 0 Å². The van der Waals surface area contributed by atoms with E-state index in [9.17, 15) is 0 Å². The zero-order valence-corrected chi connectivity index (χ0v) is 28.8. The smallest absolute Gasteiger partial charge is 0.0972 e. The fraction of sp³-hybridized carbons (Fsp3) is 0. The molecule has 0 aliphatic rings. The Bertz CT molecular complexity index is 2940. The van der Waals surface area contributed by atoms with Crippen molar-refractivity contribution in [1.29, 1.82) is 0 Å². The summed E-state index contributed by atoms with van der Waals surface area (Å²) in [4.78, 5) is 16.6. The van der Waals surface area contributed by atoms with Gasteiger partial charge in [-0.2, -0.15) is 0 Å². The lowest BCUT2D eigenvalue weighted by molar-refractivity contribution is 1.28. The molecule has 0 radical (unpaired) electrons. The van der Waals surface area contributed by atoms with Crippen molar-refractivity contribution in [3.8, 4) is 33.6 Å². The van der Waals surface area contributed by atoms with Crippen LogP contribution in [0.1, 0.15) is 0 Å². The molecule has 0 fully saturated rings. The molecule has 4 nitrogen and oxygen atoms in total. The molecule has 0 unspecified atom stereocenters. The number of aromatic nitrogens is 3. The summed E-state index contributed by atoms with van der Waals surface area (Å²) in [7, 11) is 0. The molecule has 0 spiro atoms. The monoisotopic (exact) mass is 676 g/mol. The van der Waals surface area contributed by atoms with Gasteiger partial charge in [0.2, 0.25) is 0 Å². The fourth-order valence-corrected chi connectivity index (χ4v) is 7.47. The van der Waals surface area contributed by atoms with Gasteiger partial charge in [-0.15, -0.1) is 0 Å². The molecule has 0 aliphatic carbocycles. The van der Waals surface area contributed by atoms with Crippen molar-refractivity contribution in [3.63, 3.8) is 0 Å². The predicted molar refractivity (Wildman–Crippen MR) is 221 cm³/mol. The predicted octanol–water partition coefficient (Wildman–Crippen LogP) is 13.0. The molecular weight excluding hydrogens is 645 g/mol. The summed E-state index contributed by atoms with van der Waals surface area (Å²) in [5.41, 5.74) is 10.3. The van der Waals surface area contributed by atoms with Crippen LogP contribution < -0.4 is 4.90 Å². The van der Waals surface area contributed by atoms with E-state index in [1.165, 1.54) is 32.7 Å². The lowest BCUT2D eigenvalue weighted by Gasteiger charge is -2.26. The molecule has 3 aromatic heterocycles. The minimum absolute atomic E-state index is 0.883. The molecular formula is C49H32N4. The Morgan fingerprint density at radius 2 is 1.06 bits per heavy atom. The number of rotatable bonds is 6. The van der Waals surface area contributed by atoms with Crippen LogP contribution in [0.2, 0.25) is 0 Å². The number of hydrogen-bond donors (Lipinski definition) is 0. The van der Waals surface area contributed by atoms with Gasteiger partial charge in [0.25, 0.3) is 0 Å². The summed E-state index contributed by atoms with van der Waals surface area (Å²) >= 11 is 0. The van der Waals surface area contributed by atoms with Crippen molar-refractivity contribution in [3.05, 3.63) is 195 Å². The van der Waals surface area contributed by atoms with Crippen LogP contribution in [0.5, 0.6) is 0 Å². The van der Waals surface area contributed by atoms with Gasteiger partial charge >= 0.3 is 0 Å². The summed E-state index contributed by atoms with van der Waals surface area (Å²) in [5.74, 6) is 0. The maximum absolute atomic E-state index is 5.16. The second kappa shape index (κ2) is 12.9. The molecule has 0 atom stereocenters. The normalized spacial score (nSPS) is 11.4. The van der Waals surface area contributed by atoms with Crippen LogP contribution in [0, 0.1) is 0 Å². The van der Waals surface area contributed by atoms with E-state index in [-0.39, 0.29) is 0 Å². The minimum Gasteiger partial charge on any atom is -0.310 e. The molecule has 3 heterocycles. The average molecular weight is 677 g/mol. The molecule has 0 bridgehead atoms. The highest BCUT2D eigenvalue weighted by molar-refractivity contribution is 6.08. The van der Waals surface area contributed by atoms with E-state index in [1.807, 2.05) is 42.9 Å². The van der Waals surface area contributed by atoms with Gasteiger partial charge in [-0.1, -0.05) is 115 Å². The molecule has 10 rings (SSSR count). The van der Waals surface area contributed by atoms with Gasteiger partial charge in [0.05, 0.1) is 16.9 Å². The third kappa shape index (κ3) is 5.63. The van der Waals surface area contributed by atoms with Gasteiger partial charge in [0.15, 0.2) is 0 Å². The molecule has 0 amide bonds. The average Bonchev–Trinajstić information content (AvgIpc) is 3.24. The van der Waals surface area contributed by atoms with Gasteiger partial charge < -0.3 is 4.90 Å². The first-order valence-electron chi connectivity index (χ1n) is 17.8. The maximum Gasteiger partial charge on any atom is 0.0972 e. The van der Waals surface area contributed by atoms with Crippen LogP contribution in [0.15, 0.2) is 195 Å². The second-order valence-corrected chi connectivity index (χ2v) is 13.4. The van der Waals surface area contributed by atoms with Crippen LogP contribution in [0.4, 0.5) is 17.1 Å². The first kappa shape index (κ1) is 30.6. The Balaban J connectivity index is 1.04. The Morgan fingerprint density at radius 3 is 1.91 bits per heavy atom. The molecule has 4 heteroatoms.